The van der Waals surface area contributed by atoms with Crippen LogP contribution < -0.4 is 5.48 Å². The van der Waals surface area contributed by atoms with E-state index in [-0.39, 0.29) is 12.0 Å². The van der Waals surface area contributed by atoms with Gasteiger partial charge in [-0.05, 0) is 18.8 Å². The average molecular weight is 127 g/mol. The van der Waals surface area contributed by atoms with Gasteiger partial charge in [0.05, 0.1) is 12.5 Å². The Morgan fingerprint density at radius 2 is 2.33 bits per heavy atom. The van der Waals surface area contributed by atoms with E-state index in [0.717, 1.165) is 0 Å². The molecule has 0 aromatic heterocycles. The van der Waals surface area contributed by atoms with E-state index in [4.69, 9.17) is 4.84 Å². The van der Waals surface area contributed by atoms with Gasteiger partial charge in [-0.2, -0.15) is 0 Å². The Hall–Kier alpha value is -0.570. The second kappa shape index (κ2) is 1.70. The zero-order valence-corrected chi connectivity index (χ0v) is 5.09. The van der Waals surface area contributed by atoms with Gasteiger partial charge >= 0.3 is 0 Å². The Balaban J connectivity index is 1.92. The number of hydrogen-bond acceptors (Lipinski definition) is 2. The first-order valence-corrected chi connectivity index (χ1v) is 3.31. The van der Waals surface area contributed by atoms with Crippen molar-refractivity contribution in [2.75, 3.05) is 0 Å². The predicted molar refractivity (Wildman–Crippen MR) is 30.4 cm³/mol. The van der Waals surface area contributed by atoms with E-state index in [2.05, 4.69) is 5.48 Å². The SMILES string of the molecule is O=C1CC(C2CC2)ON1. The zero-order chi connectivity index (χ0) is 6.27. The van der Waals surface area contributed by atoms with Crippen LogP contribution in [0.4, 0.5) is 0 Å². The van der Waals surface area contributed by atoms with Crippen LogP contribution in [0.25, 0.3) is 0 Å². The molecule has 1 heterocycles. The van der Waals surface area contributed by atoms with Crippen LogP contribution >= 0.6 is 0 Å². The molecule has 2 aliphatic rings. The van der Waals surface area contributed by atoms with Crippen molar-refractivity contribution in [1.29, 1.82) is 0 Å². The van der Waals surface area contributed by atoms with E-state index in [1.807, 2.05) is 0 Å². The van der Waals surface area contributed by atoms with Gasteiger partial charge in [-0.1, -0.05) is 0 Å². The standard InChI is InChI=1S/C6H9NO2/c8-6-3-5(9-7-6)4-1-2-4/h4-5H,1-3H2,(H,7,8). The van der Waals surface area contributed by atoms with E-state index >= 15 is 0 Å². The Morgan fingerprint density at radius 3 is 2.78 bits per heavy atom. The average Bonchev–Trinajstić information content (AvgIpc) is 2.58. The van der Waals surface area contributed by atoms with Gasteiger partial charge in [-0.25, -0.2) is 5.48 Å². The van der Waals surface area contributed by atoms with E-state index < -0.39 is 0 Å². The van der Waals surface area contributed by atoms with Gasteiger partial charge in [0.15, 0.2) is 0 Å². The summed E-state index contributed by atoms with van der Waals surface area (Å²) in [4.78, 5) is 15.5. The molecule has 50 valence electrons. The molecular weight excluding hydrogens is 118 g/mol. The molecule has 0 aromatic rings. The van der Waals surface area contributed by atoms with Crippen LogP contribution in [0, 0.1) is 5.92 Å². The van der Waals surface area contributed by atoms with Crippen molar-refractivity contribution in [2.24, 2.45) is 5.92 Å². The highest BCUT2D eigenvalue weighted by Crippen LogP contribution is 2.36. The van der Waals surface area contributed by atoms with Crippen LogP contribution in [-0.4, -0.2) is 12.0 Å². The lowest BCUT2D eigenvalue weighted by atomic mass is 10.2. The van der Waals surface area contributed by atoms with Gasteiger partial charge in [-0.3, -0.25) is 9.63 Å². The molecule has 3 heteroatoms. The number of hydroxylamine groups is 1. The quantitative estimate of drug-likeness (QED) is 0.547. The van der Waals surface area contributed by atoms with E-state index in [9.17, 15) is 4.79 Å². The molecule has 3 nitrogen and oxygen atoms in total. The molecule has 0 spiro atoms. The molecule has 0 aromatic carbocycles. The predicted octanol–water partition coefficient (Wildman–Crippen LogP) is 0.216. The summed E-state index contributed by atoms with van der Waals surface area (Å²) in [6.45, 7) is 0. The lowest BCUT2D eigenvalue weighted by Crippen LogP contribution is -2.13. The fraction of sp³-hybridized carbons (Fsp3) is 0.833. The van der Waals surface area contributed by atoms with Gasteiger partial charge in [0.25, 0.3) is 0 Å². The Kier molecular flexibility index (Phi) is 0.990. The summed E-state index contributed by atoms with van der Waals surface area (Å²) in [5.41, 5.74) is 2.35. The van der Waals surface area contributed by atoms with E-state index in [1.165, 1.54) is 12.8 Å². The minimum absolute atomic E-state index is 0.0342. The summed E-state index contributed by atoms with van der Waals surface area (Å²) in [6.07, 6.45) is 3.24. The highest BCUT2D eigenvalue weighted by Gasteiger charge is 2.37. The summed E-state index contributed by atoms with van der Waals surface area (Å²) < 4.78 is 0. The fourth-order valence-electron chi connectivity index (χ4n) is 1.14. The summed E-state index contributed by atoms with van der Waals surface area (Å²) in [5, 5.41) is 0. The summed E-state index contributed by atoms with van der Waals surface area (Å²) in [5.74, 6) is 0.704. The van der Waals surface area contributed by atoms with Gasteiger partial charge in [0.1, 0.15) is 0 Å². The maximum atomic E-state index is 10.5. The van der Waals surface area contributed by atoms with Crippen molar-refractivity contribution < 1.29 is 9.63 Å². The largest absolute Gasteiger partial charge is 0.273 e. The van der Waals surface area contributed by atoms with Crippen LogP contribution in [0.15, 0.2) is 0 Å². The minimum atomic E-state index is 0.0342. The van der Waals surface area contributed by atoms with Gasteiger partial charge in [0.2, 0.25) is 5.91 Å². The molecule has 1 N–H and O–H groups in total. The van der Waals surface area contributed by atoms with Crippen LogP contribution in [0.5, 0.6) is 0 Å². The molecule has 2 rings (SSSR count). The second-order valence-electron chi connectivity index (χ2n) is 2.72. The van der Waals surface area contributed by atoms with Gasteiger partial charge in [-0.15, -0.1) is 0 Å². The maximum absolute atomic E-state index is 10.5. The number of nitrogens with one attached hydrogen (secondary N) is 1. The first-order valence-electron chi connectivity index (χ1n) is 3.31. The van der Waals surface area contributed by atoms with Crippen LogP contribution in [0.2, 0.25) is 0 Å². The van der Waals surface area contributed by atoms with E-state index in [0.29, 0.717) is 12.3 Å². The van der Waals surface area contributed by atoms with Crippen molar-refractivity contribution >= 4 is 5.91 Å². The normalized spacial score (nSPS) is 34.7. The summed E-state index contributed by atoms with van der Waals surface area (Å²) >= 11 is 0. The third-order valence-electron chi connectivity index (χ3n) is 1.86. The first-order chi connectivity index (χ1) is 4.36. The third kappa shape index (κ3) is 0.920. The monoisotopic (exact) mass is 127 g/mol. The molecule has 1 amide bonds. The van der Waals surface area contributed by atoms with Crippen molar-refractivity contribution in [3.8, 4) is 0 Å². The molecule has 1 aliphatic heterocycles. The molecule has 1 atom stereocenters. The van der Waals surface area contributed by atoms with Crippen molar-refractivity contribution in [3.63, 3.8) is 0 Å². The summed E-state index contributed by atoms with van der Waals surface area (Å²) in [7, 11) is 0. The molecular formula is C6H9NO2. The van der Waals surface area contributed by atoms with Crippen LogP contribution in [0.3, 0.4) is 0 Å². The number of amides is 1. The third-order valence-corrected chi connectivity index (χ3v) is 1.86. The first kappa shape index (κ1) is 5.23. The number of rotatable bonds is 1. The molecule has 0 bridgehead atoms. The highest BCUT2D eigenvalue weighted by molar-refractivity contribution is 5.76. The Labute approximate surface area is 53.3 Å². The van der Waals surface area contributed by atoms with Gasteiger partial charge < -0.3 is 0 Å². The maximum Gasteiger partial charge on any atom is 0.246 e. The van der Waals surface area contributed by atoms with Gasteiger partial charge in [0, 0.05) is 0 Å². The Bertz CT molecular complexity index is 142. The molecule has 0 radical (unpaired) electrons. The number of carbonyl (C=O) groups excluding carboxylic acids is 1. The minimum Gasteiger partial charge on any atom is -0.273 e. The molecule has 1 unspecified atom stereocenters. The van der Waals surface area contributed by atoms with Crippen molar-refractivity contribution in [2.45, 2.75) is 25.4 Å². The summed E-state index contributed by atoms with van der Waals surface area (Å²) in [6, 6.07) is 0. The lowest BCUT2D eigenvalue weighted by Gasteiger charge is -2.00. The highest BCUT2D eigenvalue weighted by atomic mass is 16.7. The zero-order valence-electron chi connectivity index (χ0n) is 5.09. The Morgan fingerprint density at radius 1 is 1.56 bits per heavy atom. The van der Waals surface area contributed by atoms with Crippen molar-refractivity contribution in [1.82, 2.24) is 5.48 Å². The number of hydrogen-bond donors (Lipinski definition) is 1. The topological polar surface area (TPSA) is 38.3 Å². The lowest BCUT2D eigenvalue weighted by molar-refractivity contribution is -0.124. The van der Waals surface area contributed by atoms with E-state index in [1.54, 1.807) is 0 Å². The van der Waals surface area contributed by atoms with Crippen LogP contribution in [-0.2, 0) is 9.63 Å². The molecule has 9 heavy (non-hydrogen) atoms. The smallest absolute Gasteiger partial charge is 0.246 e. The molecule has 1 saturated heterocycles. The number of carbonyl (C=O) groups is 1. The second-order valence-corrected chi connectivity index (χ2v) is 2.72. The molecule has 1 saturated carbocycles. The van der Waals surface area contributed by atoms with Crippen LogP contribution in [0.1, 0.15) is 19.3 Å². The molecule has 1 aliphatic carbocycles. The van der Waals surface area contributed by atoms with Crippen molar-refractivity contribution in [3.05, 3.63) is 0 Å². The fourth-order valence-corrected chi connectivity index (χ4v) is 1.14. The molecule has 2 fully saturated rings.